The molecule has 108 valence electrons. The van der Waals surface area contributed by atoms with E-state index < -0.39 is 0 Å². The Morgan fingerprint density at radius 1 is 1.35 bits per heavy atom. The molecule has 2 aliphatic heterocycles. The molecule has 7 nitrogen and oxygen atoms in total. The zero-order chi connectivity index (χ0) is 14.1. The largest absolute Gasteiger partial charge is 0.340 e. The summed E-state index contributed by atoms with van der Waals surface area (Å²) in [7, 11) is 0. The maximum atomic E-state index is 12.4. The first-order valence-electron chi connectivity index (χ1n) is 7.02. The monoisotopic (exact) mass is 278 g/mol. The summed E-state index contributed by atoms with van der Waals surface area (Å²) in [5, 5.41) is 3.81. The molecule has 20 heavy (non-hydrogen) atoms. The van der Waals surface area contributed by atoms with Crippen LogP contribution in [-0.4, -0.2) is 57.4 Å². The maximum Gasteiger partial charge on any atom is 0.245 e. The van der Waals surface area contributed by atoms with Gasteiger partial charge in [0.1, 0.15) is 6.04 Å². The van der Waals surface area contributed by atoms with Crippen LogP contribution in [0.4, 0.5) is 0 Å². The van der Waals surface area contributed by atoms with Crippen molar-refractivity contribution in [1.82, 2.24) is 19.9 Å². The molecule has 1 aromatic rings. The number of fused-ring (bicyclic) bond motifs is 1. The van der Waals surface area contributed by atoms with Crippen LogP contribution >= 0.6 is 0 Å². The molecule has 3 rings (SSSR count). The fraction of sp³-hybridized carbons (Fsp3) is 0.692. The highest BCUT2D eigenvalue weighted by atomic mass is 16.5. The number of hydrogen-bond acceptors (Lipinski definition) is 5. The van der Waals surface area contributed by atoms with Gasteiger partial charge in [0.05, 0.1) is 6.54 Å². The standard InChI is InChI=1S/C13H18N4O3/c1-9-14-11(15-20-9)5-7-16-8-12(18)17-6-3-2-4-10(17)13(16)19/h10H,2-8H2,1H3. The van der Waals surface area contributed by atoms with Crippen LogP contribution < -0.4 is 0 Å². The number of aromatic nitrogens is 2. The van der Waals surface area contributed by atoms with Crippen LogP contribution in [0.15, 0.2) is 4.52 Å². The van der Waals surface area contributed by atoms with Crippen molar-refractivity contribution in [2.45, 2.75) is 38.6 Å². The van der Waals surface area contributed by atoms with Gasteiger partial charge in [0, 0.05) is 26.4 Å². The van der Waals surface area contributed by atoms with E-state index in [1.54, 1.807) is 16.7 Å². The molecule has 0 bridgehead atoms. The number of carbonyl (C=O) groups excluding carboxylic acids is 2. The number of carbonyl (C=O) groups is 2. The van der Waals surface area contributed by atoms with Gasteiger partial charge in [-0.1, -0.05) is 5.16 Å². The molecule has 2 aliphatic rings. The summed E-state index contributed by atoms with van der Waals surface area (Å²) in [5.74, 6) is 1.21. The van der Waals surface area contributed by atoms with Gasteiger partial charge >= 0.3 is 0 Å². The summed E-state index contributed by atoms with van der Waals surface area (Å²) in [4.78, 5) is 32.0. The third kappa shape index (κ3) is 2.39. The minimum absolute atomic E-state index is 0.0543. The molecule has 7 heteroatoms. The minimum atomic E-state index is -0.253. The van der Waals surface area contributed by atoms with E-state index in [0.29, 0.717) is 31.2 Å². The van der Waals surface area contributed by atoms with Crippen LogP contribution in [0.5, 0.6) is 0 Å². The van der Waals surface area contributed by atoms with Crippen molar-refractivity contribution in [1.29, 1.82) is 0 Å². The van der Waals surface area contributed by atoms with Crippen molar-refractivity contribution in [2.75, 3.05) is 19.6 Å². The fourth-order valence-electron chi connectivity index (χ4n) is 2.90. The van der Waals surface area contributed by atoms with Crippen molar-refractivity contribution >= 4 is 11.8 Å². The van der Waals surface area contributed by atoms with E-state index >= 15 is 0 Å². The third-order valence-corrected chi connectivity index (χ3v) is 3.92. The van der Waals surface area contributed by atoms with E-state index in [0.717, 1.165) is 19.3 Å². The Kier molecular flexibility index (Phi) is 3.42. The highest BCUT2D eigenvalue weighted by Gasteiger charge is 2.40. The van der Waals surface area contributed by atoms with Crippen molar-refractivity contribution in [3.05, 3.63) is 11.7 Å². The van der Waals surface area contributed by atoms with Crippen molar-refractivity contribution in [3.63, 3.8) is 0 Å². The number of piperidine rings is 1. The molecule has 1 aromatic heterocycles. The summed E-state index contributed by atoms with van der Waals surface area (Å²) in [6, 6.07) is -0.253. The lowest BCUT2D eigenvalue weighted by Crippen LogP contribution is -2.61. The highest BCUT2D eigenvalue weighted by Crippen LogP contribution is 2.23. The van der Waals surface area contributed by atoms with Crippen molar-refractivity contribution in [3.8, 4) is 0 Å². The first-order valence-corrected chi connectivity index (χ1v) is 7.02. The van der Waals surface area contributed by atoms with Crippen LogP contribution in [0.1, 0.15) is 31.0 Å². The van der Waals surface area contributed by atoms with Crippen LogP contribution in [0, 0.1) is 6.92 Å². The van der Waals surface area contributed by atoms with Gasteiger partial charge < -0.3 is 14.3 Å². The van der Waals surface area contributed by atoms with Gasteiger partial charge in [-0.2, -0.15) is 4.98 Å². The third-order valence-electron chi connectivity index (χ3n) is 3.92. The summed E-state index contributed by atoms with van der Waals surface area (Å²) in [6.07, 6.45) is 3.31. The summed E-state index contributed by atoms with van der Waals surface area (Å²) >= 11 is 0. The van der Waals surface area contributed by atoms with E-state index in [2.05, 4.69) is 10.1 Å². The molecule has 0 aromatic carbocycles. The molecule has 2 amide bonds. The predicted octanol–water partition coefficient (Wildman–Crippen LogP) is 0.144. The van der Waals surface area contributed by atoms with Crippen molar-refractivity contribution < 1.29 is 14.1 Å². The number of piperazine rings is 1. The molecule has 0 saturated carbocycles. The van der Waals surface area contributed by atoms with Crippen molar-refractivity contribution in [2.24, 2.45) is 0 Å². The van der Waals surface area contributed by atoms with E-state index in [1.165, 1.54) is 0 Å². The molecule has 3 heterocycles. The number of amides is 2. The second kappa shape index (κ2) is 5.22. The van der Waals surface area contributed by atoms with Gasteiger partial charge in [0.2, 0.25) is 17.7 Å². The van der Waals surface area contributed by atoms with E-state index in [-0.39, 0.29) is 24.4 Å². The van der Waals surface area contributed by atoms with E-state index in [4.69, 9.17) is 4.52 Å². The molecule has 0 spiro atoms. The summed E-state index contributed by atoms with van der Waals surface area (Å²) < 4.78 is 4.90. The van der Waals surface area contributed by atoms with Gasteiger partial charge in [0.25, 0.3) is 0 Å². The SMILES string of the molecule is Cc1nc(CCN2CC(=O)N3CCCCC3C2=O)no1. The number of aryl methyl sites for hydroxylation is 1. The highest BCUT2D eigenvalue weighted by molar-refractivity contribution is 5.95. The molecule has 0 aliphatic carbocycles. The number of hydrogen-bond donors (Lipinski definition) is 0. The van der Waals surface area contributed by atoms with Crippen LogP contribution in [-0.2, 0) is 16.0 Å². The number of nitrogens with zero attached hydrogens (tertiary/aromatic N) is 4. The topological polar surface area (TPSA) is 79.5 Å². The Morgan fingerprint density at radius 3 is 2.95 bits per heavy atom. The second-order valence-electron chi connectivity index (χ2n) is 5.34. The quantitative estimate of drug-likeness (QED) is 0.786. The Labute approximate surface area is 116 Å². The molecule has 2 fully saturated rings. The van der Waals surface area contributed by atoms with Gasteiger partial charge in [-0.05, 0) is 19.3 Å². The molecule has 0 N–H and O–H groups in total. The molecule has 2 saturated heterocycles. The lowest BCUT2D eigenvalue weighted by Gasteiger charge is -2.42. The minimum Gasteiger partial charge on any atom is -0.340 e. The van der Waals surface area contributed by atoms with Gasteiger partial charge in [-0.3, -0.25) is 9.59 Å². The fourth-order valence-corrected chi connectivity index (χ4v) is 2.90. The Morgan fingerprint density at radius 2 is 2.20 bits per heavy atom. The second-order valence-corrected chi connectivity index (χ2v) is 5.34. The molecule has 1 unspecified atom stereocenters. The molecular weight excluding hydrogens is 260 g/mol. The summed E-state index contributed by atoms with van der Waals surface area (Å²) in [5.41, 5.74) is 0. The average Bonchev–Trinajstić information content (AvgIpc) is 2.87. The van der Waals surface area contributed by atoms with Crippen LogP contribution in [0.2, 0.25) is 0 Å². The number of rotatable bonds is 3. The Hall–Kier alpha value is -1.92. The lowest BCUT2D eigenvalue weighted by atomic mass is 9.98. The molecular formula is C13H18N4O3. The lowest BCUT2D eigenvalue weighted by molar-refractivity contribution is -0.157. The van der Waals surface area contributed by atoms with Gasteiger partial charge in [0.15, 0.2) is 5.82 Å². The zero-order valence-electron chi connectivity index (χ0n) is 11.5. The van der Waals surface area contributed by atoms with Gasteiger partial charge in [-0.25, -0.2) is 0 Å². The van der Waals surface area contributed by atoms with E-state index in [1.807, 2.05) is 0 Å². The average molecular weight is 278 g/mol. The Balaban J connectivity index is 1.64. The van der Waals surface area contributed by atoms with Gasteiger partial charge in [-0.15, -0.1) is 0 Å². The first-order chi connectivity index (χ1) is 9.65. The summed E-state index contributed by atoms with van der Waals surface area (Å²) in [6.45, 7) is 3.08. The van der Waals surface area contributed by atoms with Crippen LogP contribution in [0.3, 0.4) is 0 Å². The molecule has 0 radical (unpaired) electrons. The Bertz CT molecular complexity index is 527. The van der Waals surface area contributed by atoms with Crippen LogP contribution in [0.25, 0.3) is 0 Å². The maximum absolute atomic E-state index is 12.4. The molecule has 1 atom stereocenters. The first kappa shape index (κ1) is 13.1. The normalized spacial score (nSPS) is 23.1. The predicted molar refractivity (Wildman–Crippen MR) is 68.7 cm³/mol. The zero-order valence-corrected chi connectivity index (χ0v) is 11.5. The van der Waals surface area contributed by atoms with E-state index in [9.17, 15) is 9.59 Å². The smallest absolute Gasteiger partial charge is 0.245 e.